The van der Waals surface area contributed by atoms with Crippen LogP contribution in [0.25, 0.3) is 0 Å². The maximum Gasteiger partial charge on any atom is 0.330 e. The van der Waals surface area contributed by atoms with Crippen molar-refractivity contribution >= 4 is 5.97 Å². The van der Waals surface area contributed by atoms with Gasteiger partial charge in [0.1, 0.15) is 0 Å². The predicted molar refractivity (Wildman–Crippen MR) is 65.4 cm³/mol. The lowest BCUT2D eigenvalue weighted by Gasteiger charge is -2.12. The first kappa shape index (κ1) is 13.0. The summed E-state index contributed by atoms with van der Waals surface area (Å²) in [6, 6.07) is 0. The number of hydrogen-bond acceptors (Lipinski definition) is 2. The molecule has 0 radical (unpaired) electrons. The van der Waals surface area contributed by atoms with Gasteiger partial charge < -0.3 is 10.4 Å². The summed E-state index contributed by atoms with van der Waals surface area (Å²) in [5.74, 6) is -0.836. The summed E-state index contributed by atoms with van der Waals surface area (Å²) in [5, 5.41) is 11.9. The number of nitrogens with one attached hydrogen (secondary N) is 1. The number of carboxylic acids is 1. The fourth-order valence-corrected chi connectivity index (χ4v) is 1.80. The summed E-state index contributed by atoms with van der Waals surface area (Å²) in [7, 11) is 0. The molecule has 3 heteroatoms. The van der Waals surface area contributed by atoms with Crippen LogP contribution in [0.5, 0.6) is 0 Å². The van der Waals surface area contributed by atoms with Crippen molar-refractivity contribution < 1.29 is 9.90 Å². The summed E-state index contributed by atoms with van der Waals surface area (Å²) in [6.07, 6.45) is 10.3. The molecule has 0 heterocycles. The molecule has 0 atom stereocenters. The lowest BCUT2D eigenvalue weighted by molar-refractivity contribution is -0.132. The van der Waals surface area contributed by atoms with Crippen LogP contribution in [0.1, 0.15) is 39.0 Å². The van der Waals surface area contributed by atoms with Gasteiger partial charge in [-0.25, -0.2) is 4.79 Å². The van der Waals surface area contributed by atoms with Gasteiger partial charge in [0.25, 0.3) is 0 Å². The molecular weight excluding hydrogens is 202 g/mol. The van der Waals surface area contributed by atoms with E-state index in [4.69, 9.17) is 5.11 Å². The predicted octanol–water partition coefficient (Wildman–Crippen LogP) is 2.50. The fourth-order valence-electron chi connectivity index (χ4n) is 1.80. The maximum atomic E-state index is 10.5. The number of allylic oxidation sites excluding steroid dienone is 1. The molecule has 3 nitrogen and oxygen atoms in total. The van der Waals surface area contributed by atoms with E-state index in [-0.39, 0.29) is 0 Å². The maximum absolute atomic E-state index is 10.5. The summed E-state index contributed by atoms with van der Waals surface area (Å²) in [4.78, 5) is 10.5. The summed E-state index contributed by atoms with van der Waals surface area (Å²) in [5.41, 5.74) is 1.96. The second kappa shape index (κ2) is 7.23. The molecule has 0 aliphatic heterocycles. The van der Waals surface area contributed by atoms with Crippen LogP contribution in [0, 0.1) is 0 Å². The van der Waals surface area contributed by atoms with Crippen molar-refractivity contribution in [1.82, 2.24) is 5.32 Å². The Balaban J connectivity index is 2.10. The van der Waals surface area contributed by atoms with Gasteiger partial charge >= 0.3 is 5.97 Å². The molecule has 0 saturated heterocycles. The minimum absolute atomic E-state index is 0.407. The van der Waals surface area contributed by atoms with Crippen molar-refractivity contribution in [2.45, 2.75) is 39.0 Å². The highest BCUT2D eigenvalue weighted by Gasteiger charge is 2.02. The Kier molecular flexibility index (Phi) is 5.86. The van der Waals surface area contributed by atoms with E-state index in [2.05, 4.69) is 11.4 Å². The van der Waals surface area contributed by atoms with E-state index in [9.17, 15) is 4.79 Å². The van der Waals surface area contributed by atoms with Gasteiger partial charge in [-0.1, -0.05) is 17.7 Å². The van der Waals surface area contributed by atoms with E-state index < -0.39 is 5.97 Å². The Morgan fingerprint density at radius 2 is 2.38 bits per heavy atom. The standard InChI is InChI=1S/C13H21NO2/c1-11(13(15)16)7-9-14-10-8-12-5-3-2-4-6-12/h5,7,14H,2-4,6,8-10H2,1H3,(H,15,16). The van der Waals surface area contributed by atoms with E-state index in [1.54, 1.807) is 18.6 Å². The topological polar surface area (TPSA) is 49.3 Å². The van der Waals surface area contributed by atoms with Crippen molar-refractivity contribution in [3.05, 3.63) is 23.3 Å². The molecule has 0 aromatic carbocycles. The first-order valence-electron chi connectivity index (χ1n) is 5.99. The summed E-state index contributed by atoms with van der Waals surface area (Å²) >= 11 is 0. The molecule has 2 N–H and O–H groups in total. The van der Waals surface area contributed by atoms with Crippen LogP contribution in [-0.4, -0.2) is 24.2 Å². The largest absolute Gasteiger partial charge is 0.478 e. The number of aliphatic carboxylic acids is 1. The van der Waals surface area contributed by atoms with Crippen LogP contribution in [0.3, 0.4) is 0 Å². The highest BCUT2D eigenvalue weighted by molar-refractivity contribution is 5.85. The van der Waals surface area contributed by atoms with Gasteiger partial charge in [-0.3, -0.25) is 0 Å². The molecule has 0 fully saturated rings. The quantitative estimate of drug-likeness (QED) is 0.413. The molecule has 0 spiro atoms. The molecule has 90 valence electrons. The average Bonchev–Trinajstić information content (AvgIpc) is 2.29. The van der Waals surface area contributed by atoms with Crippen molar-refractivity contribution in [2.75, 3.05) is 13.1 Å². The van der Waals surface area contributed by atoms with Crippen molar-refractivity contribution in [3.8, 4) is 0 Å². The lowest BCUT2D eigenvalue weighted by atomic mass is 9.97. The van der Waals surface area contributed by atoms with Gasteiger partial charge in [-0.05, 0) is 45.6 Å². The minimum atomic E-state index is -0.836. The van der Waals surface area contributed by atoms with Crippen LogP contribution in [0.4, 0.5) is 0 Å². The van der Waals surface area contributed by atoms with E-state index in [0.29, 0.717) is 12.1 Å². The fraction of sp³-hybridized carbons (Fsp3) is 0.615. The lowest BCUT2D eigenvalue weighted by Crippen LogP contribution is -2.17. The first-order valence-corrected chi connectivity index (χ1v) is 5.99. The third-order valence-electron chi connectivity index (χ3n) is 2.90. The molecule has 0 amide bonds. The number of rotatable bonds is 6. The van der Waals surface area contributed by atoms with Crippen molar-refractivity contribution in [2.24, 2.45) is 0 Å². The van der Waals surface area contributed by atoms with Crippen molar-refractivity contribution in [3.63, 3.8) is 0 Å². The zero-order valence-corrected chi connectivity index (χ0v) is 9.96. The molecule has 0 aromatic rings. The summed E-state index contributed by atoms with van der Waals surface area (Å²) < 4.78 is 0. The molecule has 1 aliphatic rings. The van der Waals surface area contributed by atoms with Crippen LogP contribution < -0.4 is 5.32 Å². The average molecular weight is 223 g/mol. The summed E-state index contributed by atoms with van der Waals surface area (Å²) in [6.45, 7) is 3.20. The van der Waals surface area contributed by atoms with Gasteiger partial charge in [0.2, 0.25) is 0 Å². The Labute approximate surface area is 97.2 Å². The highest BCUT2D eigenvalue weighted by atomic mass is 16.4. The zero-order valence-electron chi connectivity index (χ0n) is 9.96. The molecule has 16 heavy (non-hydrogen) atoms. The van der Waals surface area contributed by atoms with Crippen LogP contribution >= 0.6 is 0 Å². The van der Waals surface area contributed by atoms with E-state index in [0.717, 1.165) is 13.0 Å². The highest BCUT2D eigenvalue weighted by Crippen LogP contribution is 2.19. The third-order valence-corrected chi connectivity index (χ3v) is 2.90. The number of hydrogen-bond donors (Lipinski definition) is 2. The number of carboxylic acid groups (broad SMARTS) is 1. The molecule has 1 aliphatic carbocycles. The van der Waals surface area contributed by atoms with Crippen LogP contribution in [-0.2, 0) is 4.79 Å². The van der Waals surface area contributed by atoms with Crippen LogP contribution in [0.2, 0.25) is 0 Å². The van der Waals surface area contributed by atoms with Gasteiger partial charge in [-0.15, -0.1) is 0 Å². The monoisotopic (exact) mass is 223 g/mol. The van der Waals surface area contributed by atoms with Gasteiger partial charge in [0.15, 0.2) is 0 Å². The van der Waals surface area contributed by atoms with E-state index in [1.165, 1.54) is 25.7 Å². The van der Waals surface area contributed by atoms with Crippen molar-refractivity contribution in [1.29, 1.82) is 0 Å². The minimum Gasteiger partial charge on any atom is -0.478 e. The normalized spacial score (nSPS) is 17.1. The Morgan fingerprint density at radius 1 is 1.56 bits per heavy atom. The Morgan fingerprint density at radius 3 is 3.00 bits per heavy atom. The SMILES string of the molecule is CC(=CCNCCC1=CCCCC1)C(=O)O. The zero-order chi connectivity index (χ0) is 11.8. The van der Waals surface area contributed by atoms with Crippen LogP contribution in [0.15, 0.2) is 23.3 Å². The molecule has 0 bridgehead atoms. The Hall–Kier alpha value is -1.09. The second-order valence-electron chi connectivity index (χ2n) is 4.25. The second-order valence-corrected chi connectivity index (χ2v) is 4.25. The molecule has 0 unspecified atom stereocenters. The van der Waals surface area contributed by atoms with Gasteiger partial charge in [-0.2, -0.15) is 0 Å². The molecule has 0 saturated carbocycles. The van der Waals surface area contributed by atoms with Gasteiger partial charge in [0, 0.05) is 12.1 Å². The number of carbonyl (C=O) groups is 1. The third kappa shape index (κ3) is 5.12. The first-order chi connectivity index (χ1) is 7.70. The van der Waals surface area contributed by atoms with E-state index >= 15 is 0 Å². The molecular formula is C13H21NO2. The molecule has 1 rings (SSSR count). The Bertz CT molecular complexity index is 292. The smallest absolute Gasteiger partial charge is 0.330 e. The molecule has 0 aromatic heterocycles. The van der Waals surface area contributed by atoms with Gasteiger partial charge in [0.05, 0.1) is 0 Å². The van der Waals surface area contributed by atoms with E-state index in [1.807, 2.05) is 0 Å².